The summed E-state index contributed by atoms with van der Waals surface area (Å²) < 4.78 is 5.73. The molecule has 1 unspecified atom stereocenters. The number of nitrogens with zero attached hydrogens (tertiary/aromatic N) is 2. The molecule has 0 radical (unpaired) electrons. The fourth-order valence-corrected chi connectivity index (χ4v) is 2.26. The molecule has 3 aromatic rings. The van der Waals surface area contributed by atoms with E-state index < -0.39 is 0 Å². The van der Waals surface area contributed by atoms with Crippen molar-refractivity contribution in [2.24, 2.45) is 5.92 Å². The van der Waals surface area contributed by atoms with Crippen LogP contribution in [0, 0.1) is 5.92 Å². The molecule has 1 heterocycles. The summed E-state index contributed by atoms with van der Waals surface area (Å²) in [5, 5.41) is 11.2. The third-order valence-corrected chi connectivity index (χ3v) is 4.20. The molecule has 25 heavy (non-hydrogen) atoms. The molecule has 0 saturated carbocycles. The van der Waals surface area contributed by atoms with Gasteiger partial charge in [-0.05, 0) is 49.2 Å². The first-order valence-corrected chi connectivity index (χ1v) is 8.35. The normalized spacial score (nSPS) is 12.2. The lowest BCUT2D eigenvalue weighted by molar-refractivity contribution is 0.0930. The van der Waals surface area contributed by atoms with Gasteiger partial charge in [-0.3, -0.25) is 4.79 Å². The number of carbonyl (C=O) groups excluding carboxylic acids is 1. The van der Waals surface area contributed by atoms with Crippen LogP contribution in [0.15, 0.2) is 59.0 Å². The van der Waals surface area contributed by atoms with E-state index in [1.165, 1.54) is 0 Å². The highest BCUT2D eigenvalue weighted by Gasteiger charge is 2.14. The molecule has 0 spiro atoms. The molecule has 128 valence electrons. The Bertz CT molecular complexity index is 839. The number of nitrogens with one attached hydrogen (secondary N) is 1. The summed E-state index contributed by atoms with van der Waals surface area (Å²) in [4.78, 5) is 12.2. The van der Waals surface area contributed by atoms with Gasteiger partial charge in [-0.1, -0.05) is 32.0 Å². The lowest BCUT2D eigenvalue weighted by atomic mass is 10.1. The molecule has 2 aromatic carbocycles. The topological polar surface area (TPSA) is 68.0 Å². The minimum Gasteiger partial charge on any atom is -0.416 e. The fourth-order valence-electron chi connectivity index (χ4n) is 2.26. The summed E-state index contributed by atoms with van der Waals surface area (Å²) in [6, 6.07) is 16.9. The van der Waals surface area contributed by atoms with Crippen LogP contribution in [0.4, 0.5) is 0 Å². The molecule has 5 nitrogen and oxygen atoms in total. The highest BCUT2D eigenvalue weighted by molar-refractivity contribution is 5.94. The van der Waals surface area contributed by atoms with E-state index in [9.17, 15) is 4.79 Å². The predicted molar refractivity (Wildman–Crippen MR) is 96.9 cm³/mol. The Morgan fingerprint density at radius 3 is 2.00 bits per heavy atom. The molecule has 1 aromatic heterocycles. The molecule has 0 fully saturated rings. The van der Waals surface area contributed by atoms with Crippen LogP contribution >= 0.6 is 0 Å². The van der Waals surface area contributed by atoms with Crippen molar-refractivity contribution < 1.29 is 9.21 Å². The van der Waals surface area contributed by atoms with Crippen molar-refractivity contribution >= 4 is 5.91 Å². The summed E-state index contributed by atoms with van der Waals surface area (Å²) in [6.45, 7) is 6.16. The third-order valence-electron chi connectivity index (χ3n) is 4.20. The second-order valence-corrected chi connectivity index (χ2v) is 6.36. The van der Waals surface area contributed by atoms with E-state index in [0.717, 1.165) is 11.1 Å². The predicted octanol–water partition coefficient (Wildman–Crippen LogP) is 4.18. The second-order valence-electron chi connectivity index (χ2n) is 6.36. The number of hydrogen-bond acceptors (Lipinski definition) is 4. The van der Waals surface area contributed by atoms with Crippen molar-refractivity contribution in [3.8, 4) is 22.9 Å². The monoisotopic (exact) mass is 335 g/mol. The molecule has 5 heteroatoms. The van der Waals surface area contributed by atoms with Crippen LogP contribution in [0.25, 0.3) is 22.9 Å². The molecular formula is C20H21N3O2. The van der Waals surface area contributed by atoms with Crippen LogP contribution in [0.5, 0.6) is 0 Å². The Morgan fingerprint density at radius 1 is 0.880 bits per heavy atom. The summed E-state index contributed by atoms with van der Waals surface area (Å²) >= 11 is 0. The molecular weight excluding hydrogens is 314 g/mol. The number of amides is 1. The summed E-state index contributed by atoms with van der Waals surface area (Å²) in [5.74, 6) is 1.21. The van der Waals surface area contributed by atoms with Gasteiger partial charge in [0.15, 0.2) is 0 Å². The van der Waals surface area contributed by atoms with Gasteiger partial charge in [0.1, 0.15) is 0 Å². The third kappa shape index (κ3) is 3.94. The zero-order valence-corrected chi connectivity index (χ0v) is 14.6. The molecule has 3 rings (SSSR count). The SMILES string of the molecule is CC(C)C(C)NC(=O)c1ccc(-c2nnc(-c3ccccc3)o2)cc1. The molecule has 0 aliphatic heterocycles. The van der Waals surface area contributed by atoms with Gasteiger partial charge in [-0.2, -0.15) is 0 Å². The van der Waals surface area contributed by atoms with Crippen molar-refractivity contribution in [1.29, 1.82) is 0 Å². The van der Waals surface area contributed by atoms with Crippen molar-refractivity contribution in [1.82, 2.24) is 15.5 Å². The average molecular weight is 335 g/mol. The zero-order chi connectivity index (χ0) is 17.8. The second kappa shape index (κ2) is 7.30. The Balaban J connectivity index is 1.75. The number of rotatable bonds is 5. The maximum absolute atomic E-state index is 12.2. The van der Waals surface area contributed by atoms with Crippen molar-refractivity contribution in [2.45, 2.75) is 26.8 Å². The van der Waals surface area contributed by atoms with Crippen LogP contribution in [0.2, 0.25) is 0 Å². The number of aromatic nitrogens is 2. The van der Waals surface area contributed by atoms with E-state index in [1.807, 2.05) is 49.4 Å². The molecule has 1 N–H and O–H groups in total. The van der Waals surface area contributed by atoms with Gasteiger partial charge in [0.25, 0.3) is 5.91 Å². The summed E-state index contributed by atoms with van der Waals surface area (Å²) in [7, 11) is 0. The summed E-state index contributed by atoms with van der Waals surface area (Å²) in [6.07, 6.45) is 0. The van der Waals surface area contributed by atoms with E-state index in [0.29, 0.717) is 23.3 Å². The molecule has 0 bridgehead atoms. The van der Waals surface area contributed by atoms with Gasteiger partial charge < -0.3 is 9.73 Å². The van der Waals surface area contributed by atoms with Gasteiger partial charge in [-0.15, -0.1) is 10.2 Å². The minimum absolute atomic E-state index is 0.0803. The Kier molecular flexibility index (Phi) is 4.93. The van der Waals surface area contributed by atoms with Crippen LogP contribution in [-0.4, -0.2) is 22.1 Å². The zero-order valence-electron chi connectivity index (χ0n) is 14.6. The van der Waals surface area contributed by atoms with Crippen LogP contribution < -0.4 is 5.32 Å². The Hall–Kier alpha value is -2.95. The highest BCUT2D eigenvalue weighted by Crippen LogP contribution is 2.23. The Labute approximate surface area is 147 Å². The lowest BCUT2D eigenvalue weighted by Gasteiger charge is -2.17. The molecule has 1 amide bonds. The molecule has 0 aliphatic rings. The first-order valence-electron chi connectivity index (χ1n) is 8.35. The van der Waals surface area contributed by atoms with Crippen LogP contribution in [0.3, 0.4) is 0 Å². The highest BCUT2D eigenvalue weighted by atomic mass is 16.4. The lowest BCUT2D eigenvalue weighted by Crippen LogP contribution is -2.36. The van der Waals surface area contributed by atoms with E-state index in [2.05, 4.69) is 29.4 Å². The number of benzene rings is 2. The molecule has 1 atom stereocenters. The van der Waals surface area contributed by atoms with Gasteiger partial charge in [0, 0.05) is 22.7 Å². The van der Waals surface area contributed by atoms with Crippen molar-refractivity contribution in [3.63, 3.8) is 0 Å². The first kappa shape index (κ1) is 16.9. The average Bonchev–Trinajstić information content (AvgIpc) is 3.12. The maximum atomic E-state index is 12.2. The summed E-state index contributed by atoms with van der Waals surface area (Å²) in [5.41, 5.74) is 2.27. The van der Waals surface area contributed by atoms with E-state index in [4.69, 9.17) is 4.42 Å². The molecule has 0 aliphatic carbocycles. The standard InChI is InChI=1S/C20H21N3O2/c1-13(2)14(3)21-18(24)15-9-11-17(12-10-15)20-23-22-19(25-20)16-7-5-4-6-8-16/h4-14H,1-3H3,(H,21,24). The largest absolute Gasteiger partial charge is 0.416 e. The van der Waals surface area contributed by atoms with Gasteiger partial charge in [-0.25, -0.2) is 0 Å². The van der Waals surface area contributed by atoms with Crippen LogP contribution in [-0.2, 0) is 0 Å². The van der Waals surface area contributed by atoms with E-state index in [-0.39, 0.29) is 11.9 Å². The van der Waals surface area contributed by atoms with Gasteiger partial charge in [0.2, 0.25) is 11.8 Å². The fraction of sp³-hybridized carbons (Fsp3) is 0.250. The van der Waals surface area contributed by atoms with E-state index >= 15 is 0 Å². The van der Waals surface area contributed by atoms with Crippen molar-refractivity contribution in [3.05, 3.63) is 60.2 Å². The Morgan fingerprint density at radius 2 is 1.44 bits per heavy atom. The van der Waals surface area contributed by atoms with Gasteiger partial charge >= 0.3 is 0 Å². The first-order chi connectivity index (χ1) is 12.0. The maximum Gasteiger partial charge on any atom is 0.251 e. The smallest absolute Gasteiger partial charge is 0.251 e. The van der Waals surface area contributed by atoms with Crippen LogP contribution in [0.1, 0.15) is 31.1 Å². The minimum atomic E-state index is -0.0803. The quantitative estimate of drug-likeness (QED) is 0.759. The van der Waals surface area contributed by atoms with Crippen molar-refractivity contribution in [2.75, 3.05) is 0 Å². The number of carbonyl (C=O) groups is 1. The van der Waals surface area contributed by atoms with Gasteiger partial charge in [0.05, 0.1) is 0 Å². The number of hydrogen-bond donors (Lipinski definition) is 1. The molecule has 0 saturated heterocycles. The van der Waals surface area contributed by atoms with E-state index in [1.54, 1.807) is 12.1 Å².